The van der Waals surface area contributed by atoms with Crippen molar-refractivity contribution in [3.8, 4) is 11.1 Å². The molecule has 2 aromatic rings. The summed E-state index contributed by atoms with van der Waals surface area (Å²) < 4.78 is 5.25. The summed E-state index contributed by atoms with van der Waals surface area (Å²) >= 11 is 0. The smallest absolute Gasteiger partial charge is 0.328 e. The first kappa shape index (κ1) is 19.7. The van der Waals surface area contributed by atoms with Crippen molar-refractivity contribution in [1.29, 1.82) is 0 Å². The zero-order valence-electron chi connectivity index (χ0n) is 15.7. The van der Waals surface area contributed by atoms with E-state index in [1.54, 1.807) is 13.8 Å². The number of amides is 1. The lowest BCUT2D eigenvalue weighted by Gasteiger charge is -2.19. The van der Waals surface area contributed by atoms with E-state index in [1.165, 1.54) is 0 Å². The lowest BCUT2D eigenvalue weighted by molar-refractivity contribution is -0.148. The second-order valence-electron chi connectivity index (χ2n) is 6.65. The van der Waals surface area contributed by atoms with Gasteiger partial charge in [-0.05, 0) is 23.1 Å². The normalized spacial score (nSPS) is 11.8. The van der Waals surface area contributed by atoms with E-state index in [2.05, 4.69) is 17.4 Å². The van der Waals surface area contributed by atoms with Gasteiger partial charge in [0.25, 0.3) is 0 Å². The van der Waals surface area contributed by atoms with Gasteiger partial charge in [0.2, 0.25) is 5.91 Å². The molecule has 2 aromatic carbocycles. The monoisotopic (exact) mass is 353 g/mol. The maximum atomic E-state index is 12.3. The van der Waals surface area contributed by atoms with Gasteiger partial charge in [-0.1, -0.05) is 75.4 Å². The molecule has 1 N–H and O–H groups in total. The van der Waals surface area contributed by atoms with E-state index in [0.717, 1.165) is 23.1 Å². The molecule has 0 aliphatic carbocycles. The molecule has 1 amide bonds. The topological polar surface area (TPSA) is 55.4 Å². The quantitative estimate of drug-likeness (QED) is 0.730. The van der Waals surface area contributed by atoms with Crippen LogP contribution in [0.5, 0.6) is 0 Å². The SMILES string of the molecule is CCCOC(=O)C(Cc1ccc(-c2ccccc2)cc1)NC(=O)C(C)C. The minimum Gasteiger partial charge on any atom is -0.464 e. The van der Waals surface area contributed by atoms with Crippen LogP contribution < -0.4 is 5.32 Å². The molecule has 4 nitrogen and oxygen atoms in total. The van der Waals surface area contributed by atoms with Crippen LogP contribution in [0.25, 0.3) is 11.1 Å². The van der Waals surface area contributed by atoms with Crippen molar-refractivity contribution in [2.24, 2.45) is 5.92 Å². The highest BCUT2D eigenvalue weighted by atomic mass is 16.5. The van der Waals surface area contributed by atoms with E-state index in [9.17, 15) is 9.59 Å². The van der Waals surface area contributed by atoms with E-state index in [1.807, 2.05) is 49.4 Å². The van der Waals surface area contributed by atoms with Crippen molar-refractivity contribution < 1.29 is 14.3 Å². The Bertz CT molecular complexity index is 708. The van der Waals surface area contributed by atoms with E-state index in [0.29, 0.717) is 13.0 Å². The highest BCUT2D eigenvalue weighted by molar-refractivity contribution is 5.85. The van der Waals surface area contributed by atoms with Crippen LogP contribution in [-0.4, -0.2) is 24.5 Å². The summed E-state index contributed by atoms with van der Waals surface area (Å²) in [5.41, 5.74) is 3.24. The summed E-state index contributed by atoms with van der Waals surface area (Å²) in [6, 6.07) is 17.5. The Hall–Kier alpha value is -2.62. The highest BCUT2D eigenvalue weighted by Crippen LogP contribution is 2.20. The van der Waals surface area contributed by atoms with Gasteiger partial charge < -0.3 is 10.1 Å². The van der Waals surface area contributed by atoms with Crippen molar-refractivity contribution in [2.45, 2.75) is 39.7 Å². The molecule has 0 radical (unpaired) electrons. The molecule has 4 heteroatoms. The van der Waals surface area contributed by atoms with Gasteiger partial charge in [-0.25, -0.2) is 4.79 Å². The maximum absolute atomic E-state index is 12.3. The van der Waals surface area contributed by atoms with Gasteiger partial charge in [0.05, 0.1) is 6.61 Å². The molecule has 138 valence electrons. The fourth-order valence-corrected chi connectivity index (χ4v) is 2.53. The van der Waals surface area contributed by atoms with Crippen LogP contribution in [0.3, 0.4) is 0 Å². The second-order valence-corrected chi connectivity index (χ2v) is 6.65. The van der Waals surface area contributed by atoms with Crippen LogP contribution in [0.2, 0.25) is 0 Å². The lowest BCUT2D eigenvalue weighted by Crippen LogP contribution is -2.45. The van der Waals surface area contributed by atoms with Crippen LogP contribution in [-0.2, 0) is 20.7 Å². The van der Waals surface area contributed by atoms with Crippen LogP contribution >= 0.6 is 0 Å². The summed E-state index contributed by atoms with van der Waals surface area (Å²) in [6.45, 7) is 5.91. The largest absolute Gasteiger partial charge is 0.464 e. The summed E-state index contributed by atoms with van der Waals surface area (Å²) in [5.74, 6) is -0.714. The molecule has 0 aliphatic rings. The number of hydrogen-bond donors (Lipinski definition) is 1. The molecule has 0 aromatic heterocycles. The summed E-state index contributed by atoms with van der Waals surface area (Å²) in [4.78, 5) is 24.4. The summed E-state index contributed by atoms with van der Waals surface area (Å²) in [5, 5.41) is 2.81. The zero-order valence-corrected chi connectivity index (χ0v) is 15.7. The Morgan fingerprint density at radius 3 is 2.15 bits per heavy atom. The molecule has 1 unspecified atom stereocenters. The number of esters is 1. The lowest BCUT2D eigenvalue weighted by atomic mass is 10.0. The molecule has 0 aliphatic heterocycles. The molecule has 26 heavy (non-hydrogen) atoms. The molecule has 0 saturated carbocycles. The fourth-order valence-electron chi connectivity index (χ4n) is 2.53. The Morgan fingerprint density at radius 1 is 0.962 bits per heavy atom. The first-order valence-electron chi connectivity index (χ1n) is 9.12. The number of carbonyl (C=O) groups excluding carboxylic acids is 2. The summed E-state index contributed by atoms with van der Waals surface area (Å²) in [6.07, 6.45) is 1.17. The average Bonchev–Trinajstić information content (AvgIpc) is 2.66. The van der Waals surface area contributed by atoms with Gasteiger partial charge in [0.15, 0.2) is 0 Å². The average molecular weight is 353 g/mol. The zero-order chi connectivity index (χ0) is 18.9. The number of hydrogen-bond acceptors (Lipinski definition) is 3. The predicted octanol–water partition coefficient (Wildman–Crippen LogP) is 3.99. The van der Waals surface area contributed by atoms with Gasteiger partial charge in [0, 0.05) is 12.3 Å². The van der Waals surface area contributed by atoms with Gasteiger partial charge >= 0.3 is 5.97 Å². The Morgan fingerprint density at radius 2 is 1.58 bits per heavy atom. The minimum atomic E-state index is -0.668. The van der Waals surface area contributed by atoms with E-state index in [-0.39, 0.29) is 17.8 Å². The van der Waals surface area contributed by atoms with Crippen molar-refractivity contribution in [3.63, 3.8) is 0 Å². The van der Waals surface area contributed by atoms with Crippen LogP contribution in [0.4, 0.5) is 0 Å². The van der Waals surface area contributed by atoms with E-state index < -0.39 is 6.04 Å². The first-order chi connectivity index (χ1) is 12.5. The molecule has 2 rings (SSSR count). The fraction of sp³-hybridized carbons (Fsp3) is 0.364. The van der Waals surface area contributed by atoms with Crippen molar-refractivity contribution in [1.82, 2.24) is 5.32 Å². The van der Waals surface area contributed by atoms with Crippen molar-refractivity contribution in [3.05, 3.63) is 60.2 Å². The molecule has 0 bridgehead atoms. The van der Waals surface area contributed by atoms with Gasteiger partial charge in [-0.2, -0.15) is 0 Å². The molecular weight excluding hydrogens is 326 g/mol. The Kier molecular flexibility index (Phi) is 7.39. The maximum Gasteiger partial charge on any atom is 0.328 e. The molecule has 0 saturated heterocycles. The summed E-state index contributed by atoms with van der Waals surface area (Å²) in [7, 11) is 0. The standard InChI is InChI=1S/C22H27NO3/c1-4-14-26-22(25)20(23-21(24)16(2)3)15-17-10-12-19(13-11-17)18-8-6-5-7-9-18/h5-13,16,20H,4,14-15H2,1-3H3,(H,23,24). The van der Waals surface area contributed by atoms with Gasteiger partial charge in [-0.15, -0.1) is 0 Å². The number of benzene rings is 2. The number of carbonyl (C=O) groups is 2. The first-order valence-corrected chi connectivity index (χ1v) is 9.12. The third-order valence-electron chi connectivity index (χ3n) is 4.07. The number of rotatable bonds is 8. The minimum absolute atomic E-state index is 0.149. The van der Waals surface area contributed by atoms with E-state index in [4.69, 9.17) is 4.74 Å². The number of nitrogens with one attached hydrogen (secondary N) is 1. The third-order valence-corrected chi connectivity index (χ3v) is 4.07. The van der Waals surface area contributed by atoms with Gasteiger partial charge in [0.1, 0.15) is 6.04 Å². The van der Waals surface area contributed by atoms with Crippen molar-refractivity contribution in [2.75, 3.05) is 6.61 Å². The van der Waals surface area contributed by atoms with Gasteiger partial charge in [-0.3, -0.25) is 4.79 Å². The molecule has 0 heterocycles. The Balaban J connectivity index is 2.11. The molecule has 0 spiro atoms. The Labute approximate surface area is 155 Å². The second kappa shape index (κ2) is 9.76. The van der Waals surface area contributed by atoms with Crippen LogP contribution in [0.1, 0.15) is 32.8 Å². The third kappa shape index (κ3) is 5.73. The van der Waals surface area contributed by atoms with Crippen molar-refractivity contribution >= 4 is 11.9 Å². The molecule has 1 atom stereocenters. The van der Waals surface area contributed by atoms with E-state index >= 15 is 0 Å². The van der Waals surface area contributed by atoms with Crippen LogP contribution in [0, 0.1) is 5.92 Å². The molecule has 0 fully saturated rings. The highest BCUT2D eigenvalue weighted by Gasteiger charge is 2.23. The molecular formula is C22H27NO3. The van der Waals surface area contributed by atoms with Crippen LogP contribution in [0.15, 0.2) is 54.6 Å². The number of ether oxygens (including phenoxy) is 1. The predicted molar refractivity (Wildman–Crippen MR) is 104 cm³/mol.